The van der Waals surface area contributed by atoms with Crippen LogP contribution in [0, 0.1) is 0 Å². The largest absolute Gasteiger partial charge is 0.349 e. The number of nitrogens with one attached hydrogen (secondary N) is 2. The summed E-state index contributed by atoms with van der Waals surface area (Å²) in [5.74, 6) is -0.223. The van der Waals surface area contributed by atoms with Crippen molar-refractivity contribution in [3.05, 3.63) is 46.2 Å². The van der Waals surface area contributed by atoms with E-state index in [4.69, 9.17) is 0 Å². The Bertz CT molecular complexity index is 988. The summed E-state index contributed by atoms with van der Waals surface area (Å²) >= 11 is 1.46. The second-order valence-electron chi connectivity index (χ2n) is 6.89. The van der Waals surface area contributed by atoms with E-state index in [2.05, 4.69) is 29.0 Å². The van der Waals surface area contributed by atoms with Crippen molar-refractivity contribution in [2.24, 2.45) is 0 Å². The van der Waals surface area contributed by atoms with Gasteiger partial charge in [0.25, 0.3) is 5.91 Å². The Morgan fingerprint density at radius 1 is 1.26 bits per heavy atom. The lowest BCUT2D eigenvalue weighted by Crippen LogP contribution is -2.34. The molecule has 27 heavy (non-hydrogen) atoms. The number of aromatic nitrogens is 1. The van der Waals surface area contributed by atoms with E-state index in [1.807, 2.05) is 31.2 Å². The smallest absolute Gasteiger partial charge is 0.268 e. The molecule has 0 aliphatic carbocycles. The minimum Gasteiger partial charge on any atom is -0.349 e. The third-order valence-electron chi connectivity index (χ3n) is 4.98. The van der Waals surface area contributed by atoms with Crippen molar-refractivity contribution in [1.82, 2.24) is 15.2 Å². The maximum atomic E-state index is 12.6. The number of benzene rings is 1. The lowest BCUT2D eigenvalue weighted by atomic mass is 10.1. The van der Waals surface area contributed by atoms with Crippen molar-refractivity contribution in [2.75, 3.05) is 19.6 Å². The van der Waals surface area contributed by atoms with Gasteiger partial charge in [-0.2, -0.15) is 0 Å². The first-order valence-electron chi connectivity index (χ1n) is 9.61. The van der Waals surface area contributed by atoms with Crippen LogP contribution in [0.3, 0.4) is 0 Å². The van der Waals surface area contributed by atoms with Gasteiger partial charge >= 0.3 is 0 Å². The standard InChI is InChI=1S/C21H27N3O2S/c1-4-24(5-2)12-8-9-14(3)22-21(26)16-13-17(25)20-19(23-16)15-10-6-7-11-18(15)27-20/h6-7,10-11,13-14H,4-5,8-9,12H2,1-3H3,(H,22,26)(H,23,25). The van der Waals surface area contributed by atoms with Crippen molar-refractivity contribution >= 4 is 37.5 Å². The highest BCUT2D eigenvalue weighted by molar-refractivity contribution is 7.25. The van der Waals surface area contributed by atoms with Gasteiger partial charge in [0.1, 0.15) is 5.69 Å². The quantitative estimate of drug-likeness (QED) is 0.616. The fourth-order valence-corrected chi connectivity index (χ4v) is 4.44. The number of hydrogen-bond donors (Lipinski definition) is 2. The van der Waals surface area contributed by atoms with Crippen molar-refractivity contribution in [2.45, 2.75) is 39.7 Å². The number of amides is 1. The highest BCUT2D eigenvalue weighted by Crippen LogP contribution is 2.30. The molecule has 0 spiro atoms. The predicted octanol–water partition coefficient (Wildman–Crippen LogP) is 3.98. The molecule has 1 amide bonds. The zero-order valence-corrected chi connectivity index (χ0v) is 17.0. The van der Waals surface area contributed by atoms with Crippen molar-refractivity contribution < 1.29 is 4.79 Å². The molecule has 0 saturated carbocycles. The van der Waals surface area contributed by atoms with Crippen LogP contribution < -0.4 is 10.7 Å². The topological polar surface area (TPSA) is 65.2 Å². The Morgan fingerprint density at radius 3 is 2.74 bits per heavy atom. The Kier molecular flexibility index (Phi) is 6.29. The maximum absolute atomic E-state index is 12.6. The van der Waals surface area contributed by atoms with Crippen LogP contribution in [0.1, 0.15) is 44.1 Å². The summed E-state index contributed by atoms with van der Waals surface area (Å²) in [4.78, 5) is 30.7. The first-order chi connectivity index (χ1) is 13.0. The molecule has 0 aliphatic rings. The molecule has 0 saturated heterocycles. The number of hydrogen-bond acceptors (Lipinski definition) is 4. The number of fused-ring (bicyclic) bond motifs is 3. The van der Waals surface area contributed by atoms with Crippen molar-refractivity contribution in [3.63, 3.8) is 0 Å². The number of aromatic amines is 1. The summed E-state index contributed by atoms with van der Waals surface area (Å²) in [6.45, 7) is 9.47. The number of H-pyrrole nitrogens is 1. The molecule has 0 fully saturated rings. The van der Waals surface area contributed by atoms with Gasteiger partial charge < -0.3 is 15.2 Å². The summed E-state index contributed by atoms with van der Waals surface area (Å²) < 4.78 is 1.71. The van der Waals surface area contributed by atoms with Crippen LogP contribution in [-0.2, 0) is 0 Å². The van der Waals surface area contributed by atoms with E-state index in [1.54, 1.807) is 0 Å². The summed E-state index contributed by atoms with van der Waals surface area (Å²) in [5.41, 5.74) is 0.971. The molecule has 144 valence electrons. The molecule has 1 atom stereocenters. The fraction of sp³-hybridized carbons (Fsp3) is 0.429. The van der Waals surface area contributed by atoms with E-state index in [0.29, 0.717) is 10.4 Å². The van der Waals surface area contributed by atoms with Crippen LogP contribution in [0.25, 0.3) is 20.3 Å². The second kappa shape index (κ2) is 8.67. The third kappa shape index (κ3) is 4.39. The van der Waals surface area contributed by atoms with Gasteiger partial charge in [0.15, 0.2) is 5.43 Å². The fourth-order valence-electron chi connectivity index (χ4n) is 3.37. The zero-order chi connectivity index (χ0) is 19.4. The Hall–Kier alpha value is -2.18. The van der Waals surface area contributed by atoms with Gasteiger partial charge in [-0.25, -0.2) is 0 Å². The molecule has 0 bridgehead atoms. The molecule has 0 aliphatic heterocycles. The molecule has 2 heterocycles. The molecule has 3 rings (SSSR count). The highest BCUT2D eigenvalue weighted by atomic mass is 32.1. The summed E-state index contributed by atoms with van der Waals surface area (Å²) in [6.07, 6.45) is 1.95. The number of carbonyl (C=O) groups excluding carboxylic acids is 1. The van der Waals surface area contributed by atoms with Crippen LogP contribution in [0.5, 0.6) is 0 Å². The third-order valence-corrected chi connectivity index (χ3v) is 6.17. The van der Waals surface area contributed by atoms with Gasteiger partial charge in [0.2, 0.25) is 0 Å². The molecule has 5 nitrogen and oxygen atoms in total. The average molecular weight is 386 g/mol. The number of nitrogens with zero attached hydrogens (tertiary/aromatic N) is 1. The van der Waals surface area contributed by atoms with E-state index in [-0.39, 0.29) is 17.4 Å². The summed E-state index contributed by atoms with van der Waals surface area (Å²) in [7, 11) is 0. The van der Waals surface area contributed by atoms with E-state index < -0.39 is 0 Å². The van der Waals surface area contributed by atoms with E-state index in [9.17, 15) is 9.59 Å². The molecule has 2 N–H and O–H groups in total. The van der Waals surface area contributed by atoms with Gasteiger partial charge in [-0.15, -0.1) is 11.3 Å². The number of thiophene rings is 1. The normalized spacial score (nSPS) is 12.7. The van der Waals surface area contributed by atoms with Gasteiger partial charge in [-0.1, -0.05) is 32.0 Å². The van der Waals surface area contributed by atoms with Crippen molar-refractivity contribution in [1.29, 1.82) is 0 Å². The van der Waals surface area contributed by atoms with E-state index in [0.717, 1.165) is 48.1 Å². The van der Waals surface area contributed by atoms with Gasteiger partial charge in [-0.3, -0.25) is 9.59 Å². The minimum atomic E-state index is -0.223. The van der Waals surface area contributed by atoms with Gasteiger partial charge in [0.05, 0.1) is 10.2 Å². The lowest BCUT2D eigenvalue weighted by molar-refractivity contribution is 0.0932. The Balaban J connectivity index is 1.72. The predicted molar refractivity (Wildman–Crippen MR) is 114 cm³/mol. The monoisotopic (exact) mass is 385 g/mol. The molecule has 0 radical (unpaired) electrons. The van der Waals surface area contributed by atoms with Gasteiger partial charge in [0, 0.05) is 22.2 Å². The van der Waals surface area contributed by atoms with Crippen molar-refractivity contribution in [3.8, 4) is 0 Å². The van der Waals surface area contributed by atoms with Crippen LogP contribution in [0.4, 0.5) is 0 Å². The number of pyridine rings is 1. The lowest BCUT2D eigenvalue weighted by Gasteiger charge is -2.19. The minimum absolute atomic E-state index is 0.0616. The van der Waals surface area contributed by atoms with Crippen LogP contribution in [-0.4, -0.2) is 41.5 Å². The second-order valence-corrected chi connectivity index (χ2v) is 7.95. The maximum Gasteiger partial charge on any atom is 0.268 e. The number of rotatable bonds is 8. The van der Waals surface area contributed by atoms with E-state index in [1.165, 1.54) is 17.4 Å². The van der Waals surface area contributed by atoms with Crippen LogP contribution in [0.2, 0.25) is 0 Å². The summed E-state index contributed by atoms with van der Waals surface area (Å²) in [5, 5.41) is 4.00. The number of carbonyl (C=O) groups is 1. The molecule has 6 heteroatoms. The van der Waals surface area contributed by atoms with Crippen LogP contribution >= 0.6 is 11.3 Å². The molecule has 3 aromatic rings. The molecule has 2 aromatic heterocycles. The SMILES string of the molecule is CCN(CC)CCCC(C)NC(=O)c1cc(=O)c2sc3ccccc3c2[nH]1. The molecular formula is C21H27N3O2S. The first-order valence-corrected chi connectivity index (χ1v) is 10.4. The molecular weight excluding hydrogens is 358 g/mol. The van der Waals surface area contributed by atoms with Gasteiger partial charge in [-0.05, 0) is 45.5 Å². The zero-order valence-electron chi connectivity index (χ0n) is 16.2. The average Bonchev–Trinajstić information content (AvgIpc) is 3.04. The molecule has 1 unspecified atom stereocenters. The molecule has 1 aromatic carbocycles. The Labute approximate surface area is 163 Å². The first kappa shape index (κ1) is 19.6. The summed E-state index contributed by atoms with van der Waals surface area (Å²) in [6, 6.07) is 9.33. The highest BCUT2D eigenvalue weighted by Gasteiger charge is 2.15. The Morgan fingerprint density at radius 2 is 2.00 bits per heavy atom. The van der Waals surface area contributed by atoms with E-state index >= 15 is 0 Å². The van der Waals surface area contributed by atoms with Crippen LogP contribution in [0.15, 0.2) is 35.1 Å².